The summed E-state index contributed by atoms with van der Waals surface area (Å²) in [7, 11) is 1.20. The van der Waals surface area contributed by atoms with E-state index in [0.717, 1.165) is 5.56 Å². The fraction of sp³-hybridized carbons (Fsp3) is 0.385. The van der Waals surface area contributed by atoms with E-state index in [9.17, 15) is 19.8 Å². The maximum absolute atomic E-state index is 11.6. The molecule has 0 aromatic heterocycles. The summed E-state index contributed by atoms with van der Waals surface area (Å²) in [6.07, 6.45) is -3.58. The second-order valence-corrected chi connectivity index (χ2v) is 4.19. The Bertz CT molecular complexity index is 482. The van der Waals surface area contributed by atoms with Gasteiger partial charge in [0.1, 0.15) is 6.10 Å². The molecule has 0 radical (unpaired) electrons. The lowest BCUT2D eigenvalue weighted by Crippen LogP contribution is -2.23. The van der Waals surface area contributed by atoms with Gasteiger partial charge in [-0.1, -0.05) is 17.7 Å². The van der Waals surface area contributed by atoms with E-state index in [2.05, 4.69) is 4.74 Å². The Morgan fingerprint density at radius 3 is 2.47 bits per heavy atom. The van der Waals surface area contributed by atoms with Crippen LogP contribution in [0.15, 0.2) is 18.2 Å². The number of esters is 1. The van der Waals surface area contributed by atoms with E-state index in [1.54, 1.807) is 13.0 Å². The molecule has 0 fully saturated rings. The molecule has 6 nitrogen and oxygen atoms in total. The Hall–Kier alpha value is -1.92. The predicted molar refractivity (Wildman–Crippen MR) is 65.7 cm³/mol. The number of rotatable bonds is 5. The first-order valence-corrected chi connectivity index (χ1v) is 5.63. The van der Waals surface area contributed by atoms with Gasteiger partial charge >= 0.3 is 11.9 Å². The number of hydrogen-bond acceptors (Lipinski definition) is 5. The van der Waals surface area contributed by atoms with Gasteiger partial charge in [0.2, 0.25) is 0 Å². The quantitative estimate of drug-likeness (QED) is 0.677. The first kappa shape index (κ1) is 15.1. The minimum atomic E-state index is -1.50. The number of aliphatic hydroxyl groups excluding tert-OH is 2. The molecule has 0 aliphatic heterocycles. The lowest BCUT2D eigenvalue weighted by atomic mass is 9.95. The molecule has 0 bridgehead atoms. The van der Waals surface area contributed by atoms with Crippen LogP contribution in [-0.4, -0.2) is 40.5 Å². The first-order chi connectivity index (χ1) is 8.86. The Balaban J connectivity index is 3.13. The highest BCUT2D eigenvalue weighted by Crippen LogP contribution is 2.24. The number of aryl methyl sites for hydroxylation is 1. The Morgan fingerprint density at radius 2 is 1.95 bits per heavy atom. The summed E-state index contributed by atoms with van der Waals surface area (Å²) >= 11 is 0. The fourth-order valence-electron chi connectivity index (χ4n) is 1.72. The molecule has 2 unspecified atom stereocenters. The number of carboxylic acid groups (broad SMARTS) is 1. The standard InChI is InChI=1S/C13H16O6/c1-7-3-4-8(13(18)19-2)9(5-7)12(17)10(14)6-11(15)16/h3-5,10,12,14,17H,6H2,1-2H3,(H,15,16). The molecule has 1 aromatic carbocycles. The van der Waals surface area contributed by atoms with Crippen molar-refractivity contribution in [1.82, 2.24) is 0 Å². The van der Waals surface area contributed by atoms with Gasteiger partial charge in [0, 0.05) is 0 Å². The normalized spacial score (nSPS) is 13.7. The molecular formula is C13H16O6. The van der Waals surface area contributed by atoms with Crippen LogP contribution in [-0.2, 0) is 9.53 Å². The number of aliphatic hydroxyl groups is 2. The van der Waals surface area contributed by atoms with Crippen molar-refractivity contribution in [3.05, 3.63) is 34.9 Å². The lowest BCUT2D eigenvalue weighted by Gasteiger charge is -2.19. The highest BCUT2D eigenvalue weighted by molar-refractivity contribution is 5.91. The number of carbonyl (C=O) groups is 2. The van der Waals surface area contributed by atoms with E-state index in [1.807, 2.05) is 0 Å². The highest BCUT2D eigenvalue weighted by Gasteiger charge is 2.25. The molecule has 104 valence electrons. The fourth-order valence-corrected chi connectivity index (χ4v) is 1.72. The average Bonchev–Trinajstić information content (AvgIpc) is 2.36. The van der Waals surface area contributed by atoms with Crippen LogP contribution in [0.2, 0.25) is 0 Å². The van der Waals surface area contributed by atoms with Crippen molar-refractivity contribution < 1.29 is 29.6 Å². The summed E-state index contributed by atoms with van der Waals surface area (Å²) in [4.78, 5) is 22.1. The van der Waals surface area contributed by atoms with Gasteiger partial charge in [0.15, 0.2) is 0 Å². The smallest absolute Gasteiger partial charge is 0.338 e. The van der Waals surface area contributed by atoms with Crippen molar-refractivity contribution in [2.75, 3.05) is 7.11 Å². The molecular weight excluding hydrogens is 252 g/mol. The largest absolute Gasteiger partial charge is 0.481 e. The average molecular weight is 268 g/mol. The second-order valence-electron chi connectivity index (χ2n) is 4.19. The number of ether oxygens (including phenoxy) is 1. The Morgan fingerprint density at radius 1 is 1.32 bits per heavy atom. The monoisotopic (exact) mass is 268 g/mol. The maximum Gasteiger partial charge on any atom is 0.338 e. The summed E-state index contributed by atoms with van der Waals surface area (Å²) in [5, 5.41) is 28.2. The van der Waals surface area contributed by atoms with Gasteiger partial charge in [-0.25, -0.2) is 4.79 Å². The van der Waals surface area contributed by atoms with Crippen LogP contribution in [0.3, 0.4) is 0 Å². The van der Waals surface area contributed by atoms with Crippen LogP contribution in [0.5, 0.6) is 0 Å². The summed E-state index contributed by atoms with van der Waals surface area (Å²) < 4.78 is 4.58. The Kier molecular flexibility index (Phi) is 5.02. The number of aliphatic carboxylic acids is 1. The molecule has 0 aliphatic carbocycles. The first-order valence-electron chi connectivity index (χ1n) is 5.63. The van der Waals surface area contributed by atoms with Crippen molar-refractivity contribution >= 4 is 11.9 Å². The molecule has 0 saturated carbocycles. The molecule has 0 amide bonds. The minimum Gasteiger partial charge on any atom is -0.481 e. The topological polar surface area (TPSA) is 104 Å². The van der Waals surface area contributed by atoms with Crippen LogP contribution < -0.4 is 0 Å². The maximum atomic E-state index is 11.6. The van der Waals surface area contributed by atoms with Crippen molar-refractivity contribution in [3.63, 3.8) is 0 Å². The number of hydrogen-bond donors (Lipinski definition) is 3. The molecule has 2 atom stereocenters. The predicted octanol–water partition coefficient (Wildman–Crippen LogP) is 0.651. The molecule has 0 saturated heterocycles. The third-order valence-electron chi connectivity index (χ3n) is 2.68. The second kappa shape index (κ2) is 6.31. The van der Waals surface area contributed by atoms with Crippen LogP contribution in [0.1, 0.15) is 34.0 Å². The third kappa shape index (κ3) is 3.77. The van der Waals surface area contributed by atoms with E-state index in [4.69, 9.17) is 5.11 Å². The van der Waals surface area contributed by atoms with Crippen molar-refractivity contribution in [1.29, 1.82) is 0 Å². The van der Waals surface area contributed by atoms with Gasteiger partial charge in [0.05, 0.1) is 25.2 Å². The minimum absolute atomic E-state index is 0.102. The summed E-state index contributed by atoms with van der Waals surface area (Å²) in [6, 6.07) is 4.64. The SMILES string of the molecule is COC(=O)c1ccc(C)cc1C(O)C(O)CC(=O)O. The van der Waals surface area contributed by atoms with Crippen molar-refractivity contribution in [2.45, 2.75) is 25.6 Å². The van der Waals surface area contributed by atoms with Gasteiger partial charge < -0.3 is 20.1 Å². The van der Waals surface area contributed by atoms with Gasteiger partial charge in [-0.3, -0.25) is 4.79 Å². The third-order valence-corrected chi connectivity index (χ3v) is 2.68. The molecule has 1 aromatic rings. The van der Waals surface area contributed by atoms with Gasteiger partial charge in [-0.05, 0) is 18.6 Å². The zero-order valence-electron chi connectivity index (χ0n) is 10.7. The Labute approximate surface area is 110 Å². The molecule has 6 heteroatoms. The summed E-state index contributed by atoms with van der Waals surface area (Å²) in [6.45, 7) is 1.75. The molecule has 0 aliphatic rings. The number of methoxy groups -OCH3 is 1. The van der Waals surface area contributed by atoms with Crippen LogP contribution in [0, 0.1) is 6.92 Å². The molecule has 0 spiro atoms. The molecule has 0 heterocycles. The zero-order chi connectivity index (χ0) is 14.6. The van der Waals surface area contributed by atoms with Crippen molar-refractivity contribution in [3.8, 4) is 0 Å². The van der Waals surface area contributed by atoms with Crippen LogP contribution in [0.25, 0.3) is 0 Å². The summed E-state index contributed by atoms with van der Waals surface area (Å²) in [5.41, 5.74) is 1.02. The van der Waals surface area contributed by atoms with Crippen molar-refractivity contribution in [2.24, 2.45) is 0 Å². The number of carboxylic acids is 1. The number of carbonyl (C=O) groups excluding carboxylic acids is 1. The molecule has 19 heavy (non-hydrogen) atoms. The van der Waals surface area contributed by atoms with E-state index in [-0.39, 0.29) is 11.1 Å². The zero-order valence-corrected chi connectivity index (χ0v) is 10.7. The molecule has 1 rings (SSSR count). The molecule has 3 N–H and O–H groups in total. The van der Waals surface area contributed by atoms with E-state index in [0.29, 0.717) is 0 Å². The van der Waals surface area contributed by atoms with Crippen LogP contribution >= 0.6 is 0 Å². The van der Waals surface area contributed by atoms with Gasteiger partial charge in [-0.15, -0.1) is 0 Å². The lowest BCUT2D eigenvalue weighted by molar-refractivity contribution is -0.141. The van der Waals surface area contributed by atoms with E-state index < -0.39 is 30.6 Å². The van der Waals surface area contributed by atoms with Crippen LogP contribution in [0.4, 0.5) is 0 Å². The van der Waals surface area contributed by atoms with Gasteiger partial charge in [-0.2, -0.15) is 0 Å². The van der Waals surface area contributed by atoms with E-state index in [1.165, 1.54) is 19.2 Å². The van der Waals surface area contributed by atoms with Gasteiger partial charge in [0.25, 0.3) is 0 Å². The van der Waals surface area contributed by atoms with E-state index >= 15 is 0 Å². The highest BCUT2D eigenvalue weighted by atomic mass is 16.5. The summed E-state index contributed by atoms with van der Waals surface area (Å²) in [5.74, 6) is -1.89. The number of benzene rings is 1.